The number of amides is 1. The Bertz CT molecular complexity index is 1560. The number of nitrogens with one attached hydrogen (secondary N) is 2. The number of benzene rings is 1. The van der Waals surface area contributed by atoms with Gasteiger partial charge in [-0.1, -0.05) is 6.07 Å². The third kappa shape index (κ3) is 6.27. The molecule has 1 fully saturated rings. The maximum absolute atomic E-state index is 12.9. The van der Waals surface area contributed by atoms with Crippen molar-refractivity contribution in [1.29, 1.82) is 5.26 Å². The summed E-state index contributed by atoms with van der Waals surface area (Å²) in [6.07, 6.45) is 0.535. The summed E-state index contributed by atoms with van der Waals surface area (Å²) >= 11 is 0. The van der Waals surface area contributed by atoms with E-state index < -0.39 is 25.2 Å². The summed E-state index contributed by atoms with van der Waals surface area (Å²) in [7, 11) is 0. The van der Waals surface area contributed by atoms with Crippen molar-refractivity contribution in [3.8, 4) is 6.07 Å². The number of fused-ring (bicyclic) bond motifs is 1. The molecule has 0 aliphatic carbocycles. The van der Waals surface area contributed by atoms with Crippen LogP contribution in [-0.2, 0) is 24.3 Å². The first-order valence-corrected chi connectivity index (χ1v) is 13.4. The number of hydrogen-bond acceptors (Lipinski definition) is 5. The number of carbonyl (C=O) groups excluding carboxylic acids is 1. The summed E-state index contributed by atoms with van der Waals surface area (Å²) in [5.41, 5.74) is 5.09. The molecule has 1 aromatic carbocycles. The standard InChI is InChI=1S/C28H30F4N8O/c1-18-20(2-3-25-24(18)10-23(12-33)39(25)16-19-13-35-36-14-19)17-38-8-5-21(6-9-38)40-22(4-7-28(30,31)32)15-34-27(40)37-26(41)11-29/h2-3,10,13-15,21H,4-9,11,16-17H2,1H3,(H,35,36)(H,34,37,41). The molecule has 216 valence electrons. The van der Waals surface area contributed by atoms with Gasteiger partial charge in [-0.25, -0.2) is 9.37 Å². The molecule has 0 unspecified atom stereocenters. The Kier molecular flexibility index (Phi) is 8.12. The Labute approximate surface area is 233 Å². The summed E-state index contributed by atoms with van der Waals surface area (Å²) in [6, 6.07) is 8.13. The number of H-pyrrole nitrogens is 1. The Morgan fingerprint density at radius 1 is 1.22 bits per heavy atom. The maximum Gasteiger partial charge on any atom is 0.389 e. The molecule has 41 heavy (non-hydrogen) atoms. The number of halogens is 4. The highest BCUT2D eigenvalue weighted by atomic mass is 19.4. The summed E-state index contributed by atoms with van der Waals surface area (Å²) in [5, 5.41) is 19.9. The maximum atomic E-state index is 12.9. The van der Waals surface area contributed by atoms with Crippen LogP contribution in [0.3, 0.4) is 0 Å². The topological polar surface area (TPSA) is 108 Å². The average Bonchev–Trinajstić information content (AvgIpc) is 3.69. The highest BCUT2D eigenvalue weighted by Gasteiger charge is 2.30. The van der Waals surface area contributed by atoms with E-state index in [9.17, 15) is 27.6 Å². The lowest BCUT2D eigenvalue weighted by Gasteiger charge is -2.34. The first kappa shape index (κ1) is 28.4. The lowest BCUT2D eigenvalue weighted by Crippen LogP contribution is -2.35. The zero-order valence-electron chi connectivity index (χ0n) is 22.5. The minimum absolute atomic E-state index is 0.0813. The van der Waals surface area contributed by atoms with Crippen LogP contribution in [0, 0.1) is 18.3 Å². The van der Waals surface area contributed by atoms with Crippen LogP contribution < -0.4 is 5.32 Å². The molecule has 0 radical (unpaired) electrons. The van der Waals surface area contributed by atoms with Gasteiger partial charge in [0.15, 0.2) is 6.67 Å². The molecule has 3 aromatic heterocycles. The van der Waals surface area contributed by atoms with E-state index in [1.165, 1.54) is 6.20 Å². The Balaban J connectivity index is 1.31. The number of anilines is 1. The van der Waals surface area contributed by atoms with Gasteiger partial charge in [-0.2, -0.15) is 23.5 Å². The highest BCUT2D eigenvalue weighted by molar-refractivity contribution is 5.90. The number of aromatic amines is 1. The molecule has 1 aliphatic rings. The molecule has 0 atom stereocenters. The van der Waals surface area contributed by atoms with Gasteiger partial charge in [0.05, 0.1) is 18.9 Å². The number of aromatic nitrogens is 5. The van der Waals surface area contributed by atoms with Crippen molar-refractivity contribution in [2.75, 3.05) is 25.1 Å². The highest BCUT2D eigenvalue weighted by Crippen LogP contribution is 2.32. The minimum atomic E-state index is -4.33. The molecule has 1 amide bonds. The van der Waals surface area contributed by atoms with Gasteiger partial charge >= 0.3 is 6.18 Å². The summed E-state index contributed by atoms with van der Waals surface area (Å²) in [5.74, 6) is -0.807. The van der Waals surface area contributed by atoms with Crippen LogP contribution in [0.1, 0.15) is 53.4 Å². The van der Waals surface area contributed by atoms with E-state index in [0.717, 1.165) is 27.6 Å². The normalized spacial score (nSPS) is 14.9. The summed E-state index contributed by atoms with van der Waals surface area (Å²) in [4.78, 5) is 18.1. The number of aryl methyl sites for hydroxylation is 2. The number of piperidine rings is 1. The van der Waals surface area contributed by atoms with E-state index in [-0.39, 0.29) is 18.4 Å². The quantitative estimate of drug-likeness (QED) is 0.275. The number of imidazole rings is 1. The largest absolute Gasteiger partial charge is 0.389 e. The summed E-state index contributed by atoms with van der Waals surface area (Å²) < 4.78 is 55.2. The van der Waals surface area contributed by atoms with Crippen molar-refractivity contribution >= 4 is 22.8 Å². The molecule has 0 spiro atoms. The van der Waals surface area contributed by atoms with E-state index in [2.05, 4.69) is 37.5 Å². The minimum Gasteiger partial charge on any atom is -0.328 e. The van der Waals surface area contributed by atoms with Crippen molar-refractivity contribution in [1.82, 2.24) is 29.2 Å². The van der Waals surface area contributed by atoms with E-state index in [1.54, 1.807) is 17.0 Å². The Hall–Kier alpha value is -4.18. The SMILES string of the molecule is Cc1c(CN2CCC(n3c(CCC(F)(F)F)cnc3NC(=O)CF)CC2)ccc2c1cc(C#N)n2Cc1cn[nH]c1. The summed E-state index contributed by atoms with van der Waals surface area (Å²) in [6.45, 7) is 3.38. The van der Waals surface area contributed by atoms with Crippen molar-refractivity contribution in [2.45, 2.75) is 57.9 Å². The lowest BCUT2D eigenvalue weighted by atomic mass is 10.0. The second-order valence-corrected chi connectivity index (χ2v) is 10.4. The molecule has 13 heteroatoms. The number of rotatable bonds is 9. The van der Waals surface area contributed by atoms with Crippen molar-refractivity contribution in [3.05, 3.63) is 64.9 Å². The number of likely N-dealkylation sites (tertiary alicyclic amines) is 1. The zero-order chi connectivity index (χ0) is 29.1. The monoisotopic (exact) mass is 570 g/mol. The third-order valence-corrected chi connectivity index (χ3v) is 7.70. The number of nitriles is 1. The number of alkyl halides is 4. The zero-order valence-corrected chi connectivity index (χ0v) is 22.5. The van der Waals surface area contributed by atoms with E-state index in [0.29, 0.717) is 50.4 Å². The van der Waals surface area contributed by atoms with E-state index in [4.69, 9.17) is 0 Å². The van der Waals surface area contributed by atoms with Crippen molar-refractivity contribution < 1.29 is 22.4 Å². The van der Waals surface area contributed by atoms with Gasteiger partial charge in [-0.15, -0.1) is 0 Å². The fourth-order valence-electron chi connectivity index (χ4n) is 5.59. The molecular weight excluding hydrogens is 540 g/mol. The van der Waals surface area contributed by atoms with Gasteiger partial charge in [-0.05, 0) is 49.4 Å². The first-order valence-electron chi connectivity index (χ1n) is 13.4. The van der Waals surface area contributed by atoms with Gasteiger partial charge in [0.25, 0.3) is 5.91 Å². The number of hydrogen-bond donors (Lipinski definition) is 2. The second-order valence-electron chi connectivity index (χ2n) is 10.4. The van der Waals surface area contributed by atoms with Crippen LogP contribution in [-0.4, -0.2) is 61.1 Å². The molecule has 0 bridgehead atoms. The predicted octanol–water partition coefficient (Wildman–Crippen LogP) is 5.03. The van der Waals surface area contributed by atoms with Crippen LogP contribution in [0.2, 0.25) is 0 Å². The molecule has 1 saturated heterocycles. The van der Waals surface area contributed by atoms with Crippen LogP contribution in [0.15, 0.2) is 36.8 Å². The van der Waals surface area contributed by atoms with E-state index >= 15 is 0 Å². The number of nitrogens with zero attached hydrogens (tertiary/aromatic N) is 6. The Morgan fingerprint density at radius 2 is 2.00 bits per heavy atom. The fourth-order valence-corrected chi connectivity index (χ4v) is 5.59. The number of carbonyl (C=O) groups is 1. The van der Waals surface area contributed by atoms with Gasteiger partial charge in [0.1, 0.15) is 11.8 Å². The predicted molar refractivity (Wildman–Crippen MR) is 144 cm³/mol. The van der Waals surface area contributed by atoms with Crippen molar-refractivity contribution in [3.63, 3.8) is 0 Å². The molecule has 4 heterocycles. The second kappa shape index (κ2) is 11.7. The average molecular weight is 571 g/mol. The molecule has 2 N–H and O–H groups in total. The molecular formula is C28H30F4N8O. The Morgan fingerprint density at radius 3 is 2.66 bits per heavy atom. The van der Waals surface area contributed by atoms with Crippen LogP contribution in [0.5, 0.6) is 0 Å². The molecule has 5 rings (SSSR count). The van der Waals surface area contributed by atoms with E-state index in [1.807, 2.05) is 23.6 Å². The van der Waals surface area contributed by atoms with Gasteiger partial charge in [0.2, 0.25) is 5.95 Å². The van der Waals surface area contributed by atoms with Gasteiger partial charge in [0, 0.05) is 60.5 Å². The van der Waals surface area contributed by atoms with Crippen LogP contribution in [0.4, 0.5) is 23.5 Å². The van der Waals surface area contributed by atoms with Crippen molar-refractivity contribution in [2.24, 2.45) is 0 Å². The molecule has 9 nitrogen and oxygen atoms in total. The van der Waals surface area contributed by atoms with Crippen LogP contribution >= 0.6 is 0 Å². The van der Waals surface area contributed by atoms with Crippen LogP contribution in [0.25, 0.3) is 10.9 Å². The van der Waals surface area contributed by atoms with Gasteiger partial charge < -0.3 is 9.13 Å². The molecule has 0 saturated carbocycles. The van der Waals surface area contributed by atoms with Gasteiger partial charge in [-0.3, -0.25) is 20.1 Å². The first-order chi connectivity index (χ1) is 19.7. The molecule has 4 aromatic rings. The smallest absolute Gasteiger partial charge is 0.328 e. The third-order valence-electron chi connectivity index (χ3n) is 7.70. The fraction of sp³-hybridized carbons (Fsp3) is 0.429. The molecule has 1 aliphatic heterocycles. The lowest BCUT2D eigenvalue weighted by molar-refractivity contribution is -0.134.